The van der Waals surface area contributed by atoms with E-state index in [1.165, 1.54) is 17.0 Å². The summed E-state index contributed by atoms with van der Waals surface area (Å²) in [6, 6.07) is 5.86. The third-order valence-electron chi connectivity index (χ3n) is 2.98. The quantitative estimate of drug-likeness (QED) is 0.461. The van der Waals surface area contributed by atoms with Gasteiger partial charge in [0.25, 0.3) is 5.91 Å². The molecule has 1 aromatic rings. The molecule has 0 atom stereocenters. The van der Waals surface area contributed by atoms with Gasteiger partial charge in [-0.05, 0) is 30.2 Å². The van der Waals surface area contributed by atoms with Crippen molar-refractivity contribution in [2.45, 2.75) is 6.42 Å². The van der Waals surface area contributed by atoms with Gasteiger partial charge in [0.05, 0.1) is 4.91 Å². The highest BCUT2D eigenvalue weighted by atomic mass is 32.2. The van der Waals surface area contributed by atoms with Crippen LogP contribution < -0.4 is 5.32 Å². The summed E-state index contributed by atoms with van der Waals surface area (Å²) in [5.74, 6) is -1.11. The smallest absolute Gasteiger partial charge is 0.266 e. The van der Waals surface area contributed by atoms with E-state index in [0.29, 0.717) is 23.4 Å². The molecule has 0 aromatic heterocycles. The van der Waals surface area contributed by atoms with Gasteiger partial charge in [0.2, 0.25) is 5.91 Å². The molecule has 0 bridgehead atoms. The number of nitrogens with zero attached hydrogens (tertiary/aromatic N) is 1. The Morgan fingerprint density at radius 3 is 2.96 bits per heavy atom. The lowest BCUT2D eigenvalue weighted by Crippen LogP contribution is -2.39. The second-order valence-electron chi connectivity index (χ2n) is 4.75. The molecule has 8 heteroatoms. The third-order valence-corrected chi connectivity index (χ3v) is 4.36. The lowest BCUT2D eigenvalue weighted by Gasteiger charge is -2.13. The fraction of sp³-hybridized carbons (Fsp3) is 0.267. The summed E-state index contributed by atoms with van der Waals surface area (Å²) in [6.07, 6.45) is 2.00. The summed E-state index contributed by atoms with van der Waals surface area (Å²) in [5, 5.41) is 11.3. The summed E-state index contributed by atoms with van der Waals surface area (Å²) in [6.45, 7) is 0.150. The van der Waals surface area contributed by atoms with Crippen LogP contribution in [-0.2, 0) is 9.59 Å². The second-order valence-corrected chi connectivity index (χ2v) is 6.43. The normalized spacial score (nSPS) is 16.3. The Hall–Kier alpha value is -1.77. The molecule has 2 rings (SSSR count). The van der Waals surface area contributed by atoms with Crippen LogP contribution in [0.3, 0.4) is 0 Å². The SMILES string of the molecule is O=C(CN1C(=O)/C(=C/c2cccc(F)c2)SC1=S)NCCCO. The molecule has 0 aliphatic carbocycles. The summed E-state index contributed by atoms with van der Waals surface area (Å²) in [5.41, 5.74) is 0.554. The van der Waals surface area contributed by atoms with E-state index in [9.17, 15) is 14.0 Å². The van der Waals surface area contributed by atoms with Gasteiger partial charge in [0.15, 0.2) is 0 Å². The number of hydrogen-bond acceptors (Lipinski definition) is 5. The van der Waals surface area contributed by atoms with E-state index in [1.807, 2.05) is 0 Å². The van der Waals surface area contributed by atoms with Crippen LogP contribution in [0, 0.1) is 5.82 Å². The molecule has 23 heavy (non-hydrogen) atoms. The van der Waals surface area contributed by atoms with Crippen LogP contribution in [0.1, 0.15) is 12.0 Å². The van der Waals surface area contributed by atoms with Crippen molar-refractivity contribution in [3.05, 3.63) is 40.6 Å². The lowest BCUT2D eigenvalue weighted by atomic mass is 10.2. The molecule has 0 radical (unpaired) electrons. The van der Waals surface area contributed by atoms with Crippen LogP contribution in [0.25, 0.3) is 6.08 Å². The molecule has 2 N–H and O–H groups in total. The Bertz CT molecular complexity index is 664. The highest BCUT2D eigenvalue weighted by Crippen LogP contribution is 2.32. The minimum Gasteiger partial charge on any atom is -0.396 e. The molecule has 0 spiro atoms. The molecule has 1 fully saturated rings. The Balaban J connectivity index is 2.03. The van der Waals surface area contributed by atoms with E-state index >= 15 is 0 Å². The fourth-order valence-corrected chi connectivity index (χ4v) is 3.15. The molecule has 1 saturated heterocycles. The Morgan fingerprint density at radius 2 is 2.26 bits per heavy atom. The number of benzene rings is 1. The van der Waals surface area contributed by atoms with Crippen LogP contribution in [0.15, 0.2) is 29.2 Å². The van der Waals surface area contributed by atoms with E-state index in [0.717, 1.165) is 11.8 Å². The number of carbonyl (C=O) groups is 2. The fourth-order valence-electron chi connectivity index (χ4n) is 1.89. The number of rotatable bonds is 6. The Morgan fingerprint density at radius 1 is 1.48 bits per heavy atom. The second kappa shape index (κ2) is 8.19. The molecule has 1 aliphatic rings. The highest BCUT2D eigenvalue weighted by Gasteiger charge is 2.33. The third kappa shape index (κ3) is 4.85. The maximum absolute atomic E-state index is 13.2. The van der Waals surface area contributed by atoms with Crippen molar-refractivity contribution >= 4 is 46.2 Å². The number of aliphatic hydroxyl groups is 1. The van der Waals surface area contributed by atoms with Crippen LogP contribution in [0.4, 0.5) is 4.39 Å². The first-order chi connectivity index (χ1) is 11.0. The first-order valence-electron chi connectivity index (χ1n) is 6.90. The number of thioether (sulfide) groups is 1. The van der Waals surface area contributed by atoms with Gasteiger partial charge in [0, 0.05) is 13.2 Å². The van der Waals surface area contributed by atoms with E-state index in [4.69, 9.17) is 17.3 Å². The molecule has 2 amide bonds. The summed E-state index contributed by atoms with van der Waals surface area (Å²) in [7, 11) is 0. The van der Waals surface area contributed by atoms with Gasteiger partial charge in [-0.3, -0.25) is 14.5 Å². The predicted octanol–water partition coefficient (Wildman–Crippen LogP) is 1.53. The number of aliphatic hydroxyl groups excluding tert-OH is 1. The highest BCUT2D eigenvalue weighted by molar-refractivity contribution is 8.26. The van der Waals surface area contributed by atoms with Gasteiger partial charge in [0.1, 0.15) is 16.7 Å². The lowest BCUT2D eigenvalue weighted by molar-refractivity contribution is -0.128. The van der Waals surface area contributed by atoms with Gasteiger partial charge in [-0.1, -0.05) is 36.1 Å². The van der Waals surface area contributed by atoms with Gasteiger partial charge in [-0.2, -0.15) is 0 Å². The Kier molecular flexibility index (Phi) is 6.26. The van der Waals surface area contributed by atoms with Crippen LogP contribution >= 0.6 is 24.0 Å². The number of carbonyl (C=O) groups excluding carboxylic acids is 2. The minimum absolute atomic E-state index is 0.0162. The number of amides is 2. The first kappa shape index (κ1) is 17.6. The summed E-state index contributed by atoms with van der Waals surface area (Å²) in [4.78, 5) is 25.6. The Labute approximate surface area is 142 Å². The van der Waals surface area contributed by atoms with Crippen molar-refractivity contribution in [1.29, 1.82) is 0 Å². The molecule has 122 valence electrons. The van der Waals surface area contributed by atoms with E-state index in [1.54, 1.807) is 18.2 Å². The zero-order chi connectivity index (χ0) is 16.8. The maximum atomic E-state index is 13.2. The van der Waals surface area contributed by atoms with E-state index in [2.05, 4.69) is 5.32 Å². The van der Waals surface area contributed by atoms with Crippen molar-refractivity contribution < 1.29 is 19.1 Å². The maximum Gasteiger partial charge on any atom is 0.266 e. The number of halogens is 1. The van der Waals surface area contributed by atoms with Crippen molar-refractivity contribution in [2.24, 2.45) is 0 Å². The molecule has 1 aromatic carbocycles. The van der Waals surface area contributed by atoms with Crippen molar-refractivity contribution in [1.82, 2.24) is 10.2 Å². The zero-order valence-corrected chi connectivity index (χ0v) is 13.8. The molecule has 1 heterocycles. The van der Waals surface area contributed by atoms with Gasteiger partial charge < -0.3 is 10.4 Å². The van der Waals surface area contributed by atoms with Crippen molar-refractivity contribution in [3.8, 4) is 0 Å². The van der Waals surface area contributed by atoms with Gasteiger partial charge >= 0.3 is 0 Å². The summed E-state index contributed by atoms with van der Waals surface area (Å²) >= 11 is 6.20. The number of hydrogen-bond donors (Lipinski definition) is 2. The zero-order valence-electron chi connectivity index (χ0n) is 12.1. The van der Waals surface area contributed by atoms with Crippen LogP contribution in [-0.4, -0.2) is 45.8 Å². The monoisotopic (exact) mass is 354 g/mol. The van der Waals surface area contributed by atoms with Crippen LogP contribution in [0.5, 0.6) is 0 Å². The number of thiocarbonyl (C=S) groups is 1. The molecule has 0 unspecified atom stereocenters. The number of nitrogens with one attached hydrogen (secondary N) is 1. The molecule has 5 nitrogen and oxygen atoms in total. The molecule has 0 saturated carbocycles. The molecular formula is C15H15FN2O3S2. The van der Waals surface area contributed by atoms with Crippen molar-refractivity contribution in [2.75, 3.05) is 19.7 Å². The van der Waals surface area contributed by atoms with Crippen LogP contribution in [0.2, 0.25) is 0 Å². The van der Waals surface area contributed by atoms with Gasteiger partial charge in [-0.15, -0.1) is 0 Å². The minimum atomic E-state index is -0.391. The first-order valence-corrected chi connectivity index (χ1v) is 8.12. The largest absolute Gasteiger partial charge is 0.396 e. The molecular weight excluding hydrogens is 339 g/mol. The van der Waals surface area contributed by atoms with Crippen molar-refractivity contribution in [3.63, 3.8) is 0 Å². The van der Waals surface area contributed by atoms with Gasteiger partial charge in [-0.25, -0.2) is 4.39 Å². The van der Waals surface area contributed by atoms with E-state index < -0.39 is 5.82 Å². The predicted molar refractivity (Wildman–Crippen MR) is 91.0 cm³/mol. The van der Waals surface area contributed by atoms with E-state index in [-0.39, 0.29) is 29.3 Å². The topological polar surface area (TPSA) is 69.6 Å². The average Bonchev–Trinajstić information content (AvgIpc) is 2.75. The molecule has 1 aliphatic heterocycles. The standard InChI is InChI=1S/C15H15FN2O3S2/c16-11-4-1-3-10(7-11)8-12-14(21)18(15(22)23-12)9-13(20)17-5-2-6-19/h1,3-4,7-8,19H,2,5-6,9H2,(H,17,20)/b12-8-. The summed E-state index contributed by atoms with van der Waals surface area (Å²) < 4.78 is 13.5. The average molecular weight is 354 g/mol.